The van der Waals surface area contributed by atoms with Gasteiger partial charge in [0, 0.05) is 32.6 Å². The Balaban J connectivity index is 1.86. The molecule has 0 unspecified atom stereocenters. The van der Waals surface area contributed by atoms with E-state index in [0.29, 0.717) is 26.1 Å². The minimum absolute atomic E-state index is 0.0230. The average Bonchev–Trinajstić information content (AvgIpc) is 2.66. The van der Waals surface area contributed by atoms with E-state index in [-0.39, 0.29) is 23.8 Å². The van der Waals surface area contributed by atoms with Crippen LogP contribution < -0.4 is 10.5 Å². The maximum absolute atomic E-state index is 12.9. The molecular weight excluding hydrogens is 369 g/mol. The standard InChI is InChI=1S/C19H24FN3O3S/c20-17-6-8-18(9-7-17)27(25,26)22-13-10-19(24)23(15-12-21)14-11-16-4-2-1-3-5-16/h1-9,22H,10-15,21H2. The molecule has 2 aromatic carbocycles. The van der Waals surface area contributed by atoms with Gasteiger partial charge in [-0.05, 0) is 36.2 Å². The smallest absolute Gasteiger partial charge is 0.240 e. The van der Waals surface area contributed by atoms with Crippen LogP contribution in [0.4, 0.5) is 4.39 Å². The number of sulfonamides is 1. The van der Waals surface area contributed by atoms with E-state index in [1.807, 2.05) is 30.3 Å². The van der Waals surface area contributed by atoms with Gasteiger partial charge in [-0.3, -0.25) is 4.79 Å². The molecule has 0 saturated carbocycles. The number of nitrogens with zero attached hydrogens (tertiary/aromatic N) is 1. The van der Waals surface area contributed by atoms with Gasteiger partial charge < -0.3 is 10.6 Å². The maximum atomic E-state index is 12.9. The number of carbonyl (C=O) groups is 1. The number of hydrogen-bond donors (Lipinski definition) is 2. The molecule has 0 aromatic heterocycles. The van der Waals surface area contributed by atoms with E-state index >= 15 is 0 Å². The van der Waals surface area contributed by atoms with E-state index in [1.165, 1.54) is 12.1 Å². The maximum Gasteiger partial charge on any atom is 0.240 e. The van der Waals surface area contributed by atoms with Crippen molar-refractivity contribution >= 4 is 15.9 Å². The molecule has 0 aliphatic rings. The molecule has 0 heterocycles. The van der Waals surface area contributed by atoms with Gasteiger partial charge >= 0.3 is 0 Å². The van der Waals surface area contributed by atoms with Gasteiger partial charge in [0.15, 0.2) is 0 Å². The molecule has 27 heavy (non-hydrogen) atoms. The number of nitrogens with one attached hydrogen (secondary N) is 1. The lowest BCUT2D eigenvalue weighted by molar-refractivity contribution is -0.130. The fourth-order valence-corrected chi connectivity index (χ4v) is 3.61. The van der Waals surface area contributed by atoms with Crippen molar-refractivity contribution in [1.82, 2.24) is 9.62 Å². The van der Waals surface area contributed by atoms with E-state index in [0.717, 1.165) is 17.7 Å². The van der Waals surface area contributed by atoms with E-state index < -0.39 is 15.8 Å². The molecule has 2 aromatic rings. The van der Waals surface area contributed by atoms with Crippen molar-refractivity contribution in [3.63, 3.8) is 0 Å². The third-order valence-corrected chi connectivity index (χ3v) is 5.50. The Morgan fingerprint density at radius 2 is 1.70 bits per heavy atom. The molecule has 2 rings (SSSR count). The summed E-state index contributed by atoms with van der Waals surface area (Å²) in [4.78, 5) is 14.0. The van der Waals surface area contributed by atoms with Gasteiger partial charge in [0.2, 0.25) is 15.9 Å². The number of amides is 1. The highest BCUT2D eigenvalue weighted by molar-refractivity contribution is 7.89. The van der Waals surface area contributed by atoms with Crippen LogP contribution in [0, 0.1) is 5.82 Å². The van der Waals surface area contributed by atoms with Crippen LogP contribution in [0.5, 0.6) is 0 Å². The first kappa shape index (κ1) is 21.0. The second-order valence-corrected chi connectivity index (χ2v) is 7.77. The van der Waals surface area contributed by atoms with Gasteiger partial charge in [0.05, 0.1) is 4.90 Å². The van der Waals surface area contributed by atoms with Crippen molar-refractivity contribution in [2.24, 2.45) is 5.73 Å². The van der Waals surface area contributed by atoms with E-state index in [9.17, 15) is 17.6 Å². The predicted octanol–water partition coefficient (Wildman–Crippen LogP) is 1.52. The number of benzene rings is 2. The Morgan fingerprint density at radius 3 is 2.33 bits per heavy atom. The zero-order valence-corrected chi connectivity index (χ0v) is 15.8. The summed E-state index contributed by atoms with van der Waals surface area (Å²) in [6, 6.07) is 14.3. The van der Waals surface area contributed by atoms with Gasteiger partial charge in [-0.2, -0.15) is 0 Å². The minimum atomic E-state index is -3.78. The van der Waals surface area contributed by atoms with Crippen LogP contribution in [0.3, 0.4) is 0 Å². The molecule has 146 valence electrons. The molecule has 0 aliphatic carbocycles. The van der Waals surface area contributed by atoms with Crippen LogP contribution in [0.25, 0.3) is 0 Å². The summed E-state index contributed by atoms with van der Waals surface area (Å²) in [7, 11) is -3.78. The molecule has 3 N–H and O–H groups in total. The first-order valence-corrected chi connectivity index (χ1v) is 10.2. The largest absolute Gasteiger partial charge is 0.341 e. The number of carbonyl (C=O) groups excluding carboxylic acids is 1. The van der Waals surface area contributed by atoms with Crippen LogP contribution in [-0.2, 0) is 21.2 Å². The Kier molecular flexibility index (Phi) is 7.90. The van der Waals surface area contributed by atoms with Crippen LogP contribution in [-0.4, -0.2) is 45.4 Å². The summed E-state index contributed by atoms with van der Waals surface area (Å²) in [6.45, 7) is 1.23. The summed E-state index contributed by atoms with van der Waals surface area (Å²) in [6.07, 6.45) is 0.725. The van der Waals surface area contributed by atoms with Crippen LogP contribution in [0.2, 0.25) is 0 Å². The Morgan fingerprint density at radius 1 is 1.04 bits per heavy atom. The van der Waals surface area contributed by atoms with Crippen molar-refractivity contribution < 1.29 is 17.6 Å². The molecule has 0 spiro atoms. The second-order valence-electron chi connectivity index (χ2n) is 6.01. The number of hydrogen-bond acceptors (Lipinski definition) is 4. The highest BCUT2D eigenvalue weighted by Gasteiger charge is 2.16. The normalized spacial score (nSPS) is 11.3. The Hall–Kier alpha value is -2.29. The van der Waals surface area contributed by atoms with Crippen molar-refractivity contribution in [3.05, 3.63) is 66.0 Å². The second kappa shape index (κ2) is 10.1. The number of nitrogens with two attached hydrogens (primary N) is 1. The highest BCUT2D eigenvalue weighted by Crippen LogP contribution is 2.09. The first-order chi connectivity index (χ1) is 12.9. The van der Waals surface area contributed by atoms with E-state index in [2.05, 4.69) is 4.72 Å². The lowest BCUT2D eigenvalue weighted by Crippen LogP contribution is -2.38. The fourth-order valence-electron chi connectivity index (χ4n) is 2.57. The third kappa shape index (κ3) is 6.74. The van der Waals surface area contributed by atoms with E-state index in [4.69, 9.17) is 5.73 Å². The summed E-state index contributed by atoms with van der Waals surface area (Å²) in [5, 5.41) is 0. The molecule has 6 nitrogen and oxygen atoms in total. The van der Waals surface area contributed by atoms with Gasteiger partial charge in [0.1, 0.15) is 5.82 Å². The number of rotatable bonds is 10. The van der Waals surface area contributed by atoms with Gasteiger partial charge in [-0.15, -0.1) is 0 Å². The highest BCUT2D eigenvalue weighted by atomic mass is 32.2. The Bertz CT molecular complexity index is 827. The minimum Gasteiger partial charge on any atom is -0.341 e. The van der Waals surface area contributed by atoms with Gasteiger partial charge in [0.25, 0.3) is 0 Å². The predicted molar refractivity (Wildman–Crippen MR) is 102 cm³/mol. The fraction of sp³-hybridized carbons (Fsp3) is 0.316. The summed E-state index contributed by atoms with van der Waals surface area (Å²) in [5.41, 5.74) is 6.70. The molecule has 1 amide bonds. The van der Waals surface area contributed by atoms with Gasteiger partial charge in [-0.25, -0.2) is 17.5 Å². The lowest BCUT2D eigenvalue weighted by atomic mass is 10.1. The van der Waals surface area contributed by atoms with Gasteiger partial charge in [-0.1, -0.05) is 30.3 Å². The van der Waals surface area contributed by atoms with Crippen LogP contribution in [0.1, 0.15) is 12.0 Å². The quantitative estimate of drug-likeness (QED) is 0.640. The van der Waals surface area contributed by atoms with Crippen molar-refractivity contribution in [1.29, 1.82) is 0 Å². The zero-order chi connectivity index (χ0) is 19.7. The lowest BCUT2D eigenvalue weighted by Gasteiger charge is -2.22. The van der Waals surface area contributed by atoms with E-state index in [1.54, 1.807) is 4.90 Å². The molecule has 8 heteroatoms. The molecular formula is C19H24FN3O3S. The topological polar surface area (TPSA) is 92.5 Å². The Labute approximate surface area is 159 Å². The molecule has 0 radical (unpaired) electrons. The van der Waals surface area contributed by atoms with Crippen molar-refractivity contribution in [3.8, 4) is 0 Å². The third-order valence-electron chi connectivity index (χ3n) is 4.02. The summed E-state index contributed by atoms with van der Waals surface area (Å²) in [5.74, 6) is -0.682. The zero-order valence-electron chi connectivity index (χ0n) is 15.0. The molecule has 0 aliphatic heterocycles. The molecule has 0 bridgehead atoms. The van der Waals surface area contributed by atoms with Crippen molar-refractivity contribution in [2.75, 3.05) is 26.2 Å². The molecule has 0 atom stereocenters. The summed E-state index contributed by atoms with van der Waals surface area (Å²) >= 11 is 0. The monoisotopic (exact) mass is 393 g/mol. The number of halogens is 1. The van der Waals surface area contributed by atoms with Crippen molar-refractivity contribution in [2.45, 2.75) is 17.7 Å². The first-order valence-electron chi connectivity index (χ1n) is 8.69. The molecule has 0 saturated heterocycles. The van der Waals surface area contributed by atoms with Crippen LogP contribution in [0.15, 0.2) is 59.5 Å². The molecule has 0 fully saturated rings. The van der Waals surface area contributed by atoms with Crippen LogP contribution >= 0.6 is 0 Å². The average molecular weight is 393 g/mol. The SMILES string of the molecule is NCCN(CCc1ccccc1)C(=O)CCNS(=O)(=O)c1ccc(F)cc1. The summed E-state index contributed by atoms with van der Waals surface area (Å²) < 4.78 is 39.6.